The van der Waals surface area contributed by atoms with E-state index in [9.17, 15) is 4.79 Å². The molecule has 134 valence electrons. The molecule has 1 amide bonds. The normalized spacial score (nSPS) is 17.1. The van der Waals surface area contributed by atoms with Gasteiger partial charge in [0.2, 0.25) is 0 Å². The van der Waals surface area contributed by atoms with E-state index >= 15 is 0 Å². The van der Waals surface area contributed by atoms with Crippen LogP contribution in [0.3, 0.4) is 0 Å². The van der Waals surface area contributed by atoms with E-state index in [1.165, 1.54) is 12.8 Å². The van der Waals surface area contributed by atoms with Gasteiger partial charge in [-0.1, -0.05) is 6.92 Å². The summed E-state index contributed by atoms with van der Waals surface area (Å²) in [6.07, 6.45) is 2.12. The molecule has 0 atom stereocenters. The van der Waals surface area contributed by atoms with Crippen LogP contribution < -0.4 is 5.32 Å². The van der Waals surface area contributed by atoms with Crippen LogP contribution in [0, 0.1) is 5.92 Å². The number of rotatable bonds is 4. The maximum atomic E-state index is 11.9. The van der Waals surface area contributed by atoms with E-state index in [0.29, 0.717) is 13.1 Å². The van der Waals surface area contributed by atoms with Gasteiger partial charge in [0.05, 0.1) is 6.54 Å². The van der Waals surface area contributed by atoms with Crippen LogP contribution in [0.15, 0.2) is 4.99 Å². The van der Waals surface area contributed by atoms with Gasteiger partial charge in [-0.25, -0.2) is 4.79 Å². The zero-order chi connectivity index (χ0) is 17.5. The summed E-state index contributed by atoms with van der Waals surface area (Å²) in [6, 6.07) is 0. The highest BCUT2D eigenvalue weighted by Gasteiger charge is 2.20. The van der Waals surface area contributed by atoms with Crippen LogP contribution >= 0.6 is 0 Å². The van der Waals surface area contributed by atoms with Gasteiger partial charge in [-0.15, -0.1) is 0 Å². The minimum Gasteiger partial charge on any atom is -0.444 e. The summed E-state index contributed by atoms with van der Waals surface area (Å²) in [6.45, 7) is 14.1. The number of guanidine groups is 1. The number of hydrogen-bond acceptors (Lipinski definition) is 3. The Labute approximate surface area is 141 Å². The first kappa shape index (κ1) is 19.6. The summed E-state index contributed by atoms with van der Waals surface area (Å²) >= 11 is 0. The molecule has 0 unspecified atom stereocenters. The minimum atomic E-state index is -0.464. The Morgan fingerprint density at radius 3 is 2.48 bits per heavy atom. The molecule has 1 heterocycles. The Hall–Kier alpha value is -1.46. The number of nitrogens with zero attached hydrogens (tertiary/aromatic N) is 3. The first-order valence-electron chi connectivity index (χ1n) is 8.70. The molecule has 6 heteroatoms. The zero-order valence-electron chi connectivity index (χ0n) is 15.7. The first-order valence-corrected chi connectivity index (χ1v) is 8.70. The van der Waals surface area contributed by atoms with Crippen molar-refractivity contribution in [1.82, 2.24) is 15.1 Å². The van der Waals surface area contributed by atoms with Crippen LogP contribution in [0.4, 0.5) is 4.79 Å². The van der Waals surface area contributed by atoms with Crippen molar-refractivity contribution in [2.75, 3.05) is 39.8 Å². The second kappa shape index (κ2) is 8.99. The summed E-state index contributed by atoms with van der Waals surface area (Å²) < 4.78 is 5.35. The van der Waals surface area contributed by atoms with Crippen molar-refractivity contribution in [3.05, 3.63) is 0 Å². The molecule has 1 N–H and O–H groups in total. The third kappa shape index (κ3) is 7.57. The maximum absolute atomic E-state index is 11.9. The molecule has 1 fully saturated rings. The number of carbonyl (C=O) groups is 1. The zero-order valence-corrected chi connectivity index (χ0v) is 15.7. The van der Waals surface area contributed by atoms with Gasteiger partial charge in [0.15, 0.2) is 5.96 Å². The Morgan fingerprint density at radius 2 is 1.96 bits per heavy atom. The van der Waals surface area contributed by atoms with Crippen molar-refractivity contribution in [1.29, 1.82) is 0 Å². The lowest BCUT2D eigenvalue weighted by molar-refractivity contribution is 0.0304. The standard InChI is InChI=1S/C17H34N4O2/c1-7-18-15(21-11-8-14(2)9-12-21)19-10-13-20(6)16(22)23-17(3,4)5/h14H,7-13H2,1-6H3,(H,18,19). The fraction of sp³-hybridized carbons (Fsp3) is 0.882. The summed E-state index contributed by atoms with van der Waals surface area (Å²) in [5, 5.41) is 3.35. The van der Waals surface area contributed by atoms with Crippen LogP contribution in [0.2, 0.25) is 0 Å². The van der Waals surface area contributed by atoms with Crippen molar-refractivity contribution in [2.45, 2.75) is 53.1 Å². The van der Waals surface area contributed by atoms with E-state index in [0.717, 1.165) is 31.5 Å². The first-order chi connectivity index (χ1) is 10.7. The largest absolute Gasteiger partial charge is 0.444 e. The van der Waals surface area contributed by atoms with Crippen molar-refractivity contribution in [3.8, 4) is 0 Å². The van der Waals surface area contributed by atoms with Crippen molar-refractivity contribution in [2.24, 2.45) is 10.9 Å². The lowest BCUT2D eigenvalue weighted by Gasteiger charge is -2.33. The Kier molecular flexibility index (Phi) is 7.65. The molecule has 23 heavy (non-hydrogen) atoms. The van der Waals surface area contributed by atoms with Gasteiger partial charge in [0.1, 0.15) is 5.60 Å². The summed E-state index contributed by atoms with van der Waals surface area (Å²) in [4.78, 5) is 20.5. The number of piperidine rings is 1. The van der Waals surface area contributed by atoms with Gasteiger partial charge in [-0.05, 0) is 46.5 Å². The van der Waals surface area contributed by atoms with Crippen LogP contribution in [0.1, 0.15) is 47.5 Å². The number of amides is 1. The molecule has 1 saturated heterocycles. The number of hydrogen-bond donors (Lipinski definition) is 1. The third-order valence-electron chi connectivity index (χ3n) is 3.82. The van der Waals surface area contributed by atoms with Crippen LogP contribution in [0.5, 0.6) is 0 Å². The lowest BCUT2D eigenvalue weighted by atomic mass is 10.00. The topological polar surface area (TPSA) is 57.2 Å². The second-order valence-corrected chi connectivity index (χ2v) is 7.31. The van der Waals surface area contributed by atoms with Crippen LogP contribution in [-0.4, -0.2) is 67.2 Å². The molecule has 6 nitrogen and oxygen atoms in total. The van der Waals surface area contributed by atoms with Crippen molar-refractivity contribution < 1.29 is 9.53 Å². The Morgan fingerprint density at radius 1 is 1.35 bits per heavy atom. The SMILES string of the molecule is CCNC(=NCCN(C)C(=O)OC(C)(C)C)N1CCC(C)CC1. The van der Waals surface area contributed by atoms with Gasteiger partial charge < -0.3 is 19.9 Å². The predicted octanol–water partition coefficient (Wildman–Crippen LogP) is 2.55. The average molecular weight is 326 g/mol. The molecule has 0 spiro atoms. The molecule has 0 saturated carbocycles. The van der Waals surface area contributed by atoms with E-state index in [4.69, 9.17) is 4.74 Å². The highest BCUT2D eigenvalue weighted by Crippen LogP contribution is 2.16. The number of ether oxygens (including phenoxy) is 1. The monoisotopic (exact) mass is 326 g/mol. The van der Waals surface area contributed by atoms with Gasteiger partial charge in [-0.3, -0.25) is 4.99 Å². The molecule has 0 radical (unpaired) electrons. The maximum Gasteiger partial charge on any atom is 0.410 e. The third-order valence-corrected chi connectivity index (χ3v) is 3.82. The molecule has 1 rings (SSSR count). The van der Waals surface area contributed by atoms with Crippen molar-refractivity contribution in [3.63, 3.8) is 0 Å². The molecule has 0 aliphatic carbocycles. The highest BCUT2D eigenvalue weighted by molar-refractivity contribution is 5.80. The molecule has 1 aliphatic rings. The number of likely N-dealkylation sites (N-methyl/N-ethyl adjacent to an activating group) is 1. The average Bonchev–Trinajstić information content (AvgIpc) is 2.45. The van der Waals surface area contributed by atoms with Gasteiger partial charge in [0, 0.05) is 33.2 Å². The second-order valence-electron chi connectivity index (χ2n) is 7.31. The molecular weight excluding hydrogens is 292 g/mol. The number of likely N-dealkylation sites (tertiary alicyclic amines) is 1. The molecule has 0 bridgehead atoms. The van der Waals surface area contributed by atoms with E-state index < -0.39 is 5.60 Å². The van der Waals surface area contributed by atoms with E-state index in [2.05, 4.69) is 29.1 Å². The van der Waals surface area contributed by atoms with Gasteiger partial charge >= 0.3 is 6.09 Å². The van der Waals surface area contributed by atoms with E-state index in [1.54, 1.807) is 11.9 Å². The Bertz CT molecular complexity index is 396. The minimum absolute atomic E-state index is 0.301. The lowest BCUT2D eigenvalue weighted by Crippen LogP contribution is -2.45. The molecular formula is C17H34N4O2. The van der Waals surface area contributed by atoms with Crippen LogP contribution in [0.25, 0.3) is 0 Å². The summed E-state index contributed by atoms with van der Waals surface area (Å²) in [5.74, 6) is 1.75. The summed E-state index contributed by atoms with van der Waals surface area (Å²) in [5.41, 5.74) is -0.464. The molecule has 0 aromatic carbocycles. The highest BCUT2D eigenvalue weighted by atomic mass is 16.6. The predicted molar refractivity (Wildman–Crippen MR) is 94.8 cm³/mol. The van der Waals surface area contributed by atoms with Gasteiger partial charge in [0.25, 0.3) is 0 Å². The molecule has 0 aromatic heterocycles. The summed E-state index contributed by atoms with van der Waals surface area (Å²) in [7, 11) is 1.75. The van der Waals surface area contributed by atoms with Gasteiger partial charge in [-0.2, -0.15) is 0 Å². The Balaban J connectivity index is 2.49. The number of aliphatic imine (C=N–C) groups is 1. The number of nitrogens with one attached hydrogen (secondary N) is 1. The fourth-order valence-electron chi connectivity index (χ4n) is 2.38. The number of carbonyl (C=O) groups excluding carboxylic acids is 1. The smallest absolute Gasteiger partial charge is 0.410 e. The van der Waals surface area contributed by atoms with E-state index in [1.807, 2.05) is 20.8 Å². The quantitative estimate of drug-likeness (QED) is 0.637. The van der Waals surface area contributed by atoms with E-state index in [-0.39, 0.29) is 6.09 Å². The molecule has 0 aromatic rings. The van der Waals surface area contributed by atoms with Crippen LogP contribution in [-0.2, 0) is 4.74 Å². The fourth-order valence-corrected chi connectivity index (χ4v) is 2.38. The molecule has 1 aliphatic heterocycles. The van der Waals surface area contributed by atoms with Crippen molar-refractivity contribution >= 4 is 12.1 Å².